The van der Waals surface area contributed by atoms with Crippen molar-refractivity contribution in [3.63, 3.8) is 0 Å². The van der Waals surface area contributed by atoms with Gasteiger partial charge in [-0.25, -0.2) is 8.42 Å². The van der Waals surface area contributed by atoms with Gasteiger partial charge in [-0.1, -0.05) is 17.2 Å². The van der Waals surface area contributed by atoms with Gasteiger partial charge in [-0.2, -0.15) is 0 Å². The molecule has 31 heavy (non-hydrogen) atoms. The molecule has 1 N–H and O–H groups in total. The van der Waals surface area contributed by atoms with Gasteiger partial charge in [0.25, 0.3) is 5.91 Å². The Kier molecular flexibility index (Phi) is 5.11. The van der Waals surface area contributed by atoms with Crippen molar-refractivity contribution >= 4 is 39.3 Å². The van der Waals surface area contributed by atoms with Crippen LogP contribution in [0, 0.1) is 0 Å². The predicted molar refractivity (Wildman–Crippen MR) is 109 cm³/mol. The topological polar surface area (TPSA) is 140 Å². The number of nitrogens with zero attached hydrogens (tertiary/aromatic N) is 3. The van der Waals surface area contributed by atoms with Crippen LogP contribution in [0.5, 0.6) is 0 Å². The van der Waals surface area contributed by atoms with E-state index in [4.69, 9.17) is 4.42 Å². The zero-order valence-electron chi connectivity index (χ0n) is 16.2. The number of hydrogen-bond donors (Lipinski definition) is 1. The van der Waals surface area contributed by atoms with Crippen LogP contribution in [0.3, 0.4) is 0 Å². The molecule has 0 unspecified atom stereocenters. The van der Waals surface area contributed by atoms with Crippen LogP contribution >= 0.6 is 0 Å². The monoisotopic (exact) mass is 440 g/mol. The number of carbonyl (C=O) groups excluding carboxylic acids is 3. The Morgan fingerprint density at radius 2 is 1.74 bits per heavy atom. The van der Waals surface area contributed by atoms with Crippen molar-refractivity contribution in [1.82, 2.24) is 10.2 Å². The van der Waals surface area contributed by atoms with Crippen molar-refractivity contribution in [1.29, 1.82) is 0 Å². The van der Waals surface area contributed by atoms with Gasteiger partial charge in [-0.05, 0) is 36.4 Å². The number of carbonyl (C=O) groups is 3. The Labute approximate surface area is 176 Å². The molecule has 1 aliphatic rings. The lowest BCUT2D eigenvalue weighted by molar-refractivity contribution is -0.121. The van der Waals surface area contributed by atoms with E-state index in [0.717, 1.165) is 11.2 Å². The maximum absolute atomic E-state index is 12.6. The predicted octanol–water partition coefficient (Wildman–Crippen LogP) is 2.05. The quantitative estimate of drug-likeness (QED) is 0.595. The molecule has 1 saturated heterocycles. The molecule has 2 heterocycles. The van der Waals surface area contributed by atoms with Gasteiger partial charge in [0, 0.05) is 30.2 Å². The van der Waals surface area contributed by atoms with Crippen LogP contribution in [0.2, 0.25) is 0 Å². The summed E-state index contributed by atoms with van der Waals surface area (Å²) >= 11 is 0. The normalized spacial score (nSPS) is 14.2. The van der Waals surface area contributed by atoms with Crippen LogP contribution in [0.1, 0.15) is 23.2 Å². The first-order valence-electron chi connectivity index (χ1n) is 9.13. The molecule has 1 aromatic heterocycles. The molecule has 0 spiro atoms. The number of hydrogen-bond acceptors (Lipinski definition) is 8. The van der Waals surface area contributed by atoms with Gasteiger partial charge in [-0.3, -0.25) is 24.6 Å². The minimum atomic E-state index is -3.41. The van der Waals surface area contributed by atoms with Crippen LogP contribution in [0.4, 0.5) is 11.7 Å². The summed E-state index contributed by atoms with van der Waals surface area (Å²) in [7, 11) is -3.41. The molecule has 3 amide bonds. The molecule has 158 valence electrons. The lowest BCUT2D eigenvalue weighted by Crippen LogP contribution is -2.28. The first kappa shape index (κ1) is 20.4. The molecule has 3 aromatic rings. The smallest absolute Gasteiger partial charge is 0.322 e. The van der Waals surface area contributed by atoms with Crippen LogP contribution in [0.25, 0.3) is 11.5 Å². The van der Waals surface area contributed by atoms with E-state index < -0.39 is 15.7 Å². The second kappa shape index (κ2) is 7.76. The lowest BCUT2D eigenvalue weighted by Gasteiger charge is -2.14. The molecule has 0 bridgehead atoms. The second-order valence-electron chi connectivity index (χ2n) is 6.84. The van der Waals surface area contributed by atoms with Gasteiger partial charge < -0.3 is 4.42 Å². The first-order valence-corrected chi connectivity index (χ1v) is 11.0. The van der Waals surface area contributed by atoms with Crippen molar-refractivity contribution in [3.8, 4) is 11.5 Å². The van der Waals surface area contributed by atoms with Crippen LogP contribution in [0.15, 0.2) is 57.8 Å². The highest BCUT2D eigenvalue weighted by atomic mass is 32.2. The average Bonchev–Trinajstić information content (AvgIpc) is 3.34. The number of rotatable bonds is 5. The number of sulfone groups is 1. The highest BCUT2D eigenvalue weighted by molar-refractivity contribution is 7.90. The van der Waals surface area contributed by atoms with E-state index >= 15 is 0 Å². The summed E-state index contributed by atoms with van der Waals surface area (Å²) in [6, 6.07) is 11.8. The van der Waals surface area contributed by atoms with Crippen molar-refractivity contribution in [2.45, 2.75) is 17.7 Å². The number of imide groups is 1. The van der Waals surface area contributed by atoms with E-state index in [2.05, 4.69) is 15.5 Å². The molecule has 11 heteroatoms. The van der Waals surface area contributed by atoms with Crippen molar-refractivity contribution in [2.75, 3.05) is 16.5 Å². The number of anilines is 2. The molecule has 0 aliphatic carbocycles. The Morgan fingerprint density at radius 3 is 2.45 bits per heavy atom. The second-order valence-corrected chi connectivity index (χ2v) is 8.86. The molecule has 0 radical (unpaired) electrons. The summed E-state index contributed by atoms with van der Waals surface area (Å²) in [5.74, 6) is -1.19. The highest BCUT2D eigenvalue weighted by Crippen LogP contribution is 2.25. The standard InChI is InChI=1S/C20H16N4O6S/c1-31(28,29)15-7-3-5-13(11-15)19-22-23-20(30-19)21-18(27)12-4-2-6-14(10-12)24-16(25)8-9-17(24)26/h2-7,10-11H,8-9H2,1H3,(H,21,23,27). The summed E-state index contributed by atoms with van der Waals surface area (Å²) in [4.78, 5) is 37.5. The maximum atomic E-state index is 12.6. The summed E-state index contributed by atoms with van der Waals surface area (Å²) in [6.07, 6.45) is 1.37. The first-order chi connectivity index (χ1) is 14.7. The molecule has 2 aromatic carbocycles. The Balaban J connectivity index is 1.53. The molecule has 1 aliphatic heterocycles. The summed E-state index contributed by atoms with van der Waals surface area (Å²) < 4.78 is 28.9. The highest BCUT2D eigenvalue weighted by Gasteiger charge is 2.30. The van der Waals surface area contributed by atoms with Crippen LogP contribution < -0.4 is 10.2 Å². The largest absolute Gasteiger partial charge is 0.403 e. The van der Waals surface area contributed by atoms with Gasteiger partial charge in [-0.15, -0.1) is 5.10 Å². The Bertz CT molecular complexity index is 1300. The van der Waals surface area contributed by atoms with E-state index in [0.29, 0.717) is 11.3 Å². The van der Waals surface area contributed by atoms with Gasteiger partial charge in [0.15, 0.2) is 9.84 Å². The molecular formula is C20H16N4O6S. The maximum Gasteiger partial charge on any atom is 0.322 e. The molecule has 10 nitrogen and oxygen atoms in total. The van der Waals surface area contributed by atoms with E-state index in [9.17, 15) is 22.8 Å². The van der Waals surface area contributed by atoms with Crippen molar-refractivity contribution in [3.05, 3.63) is 54.1 Å². The fourth-order valence-electron chi connectivity index (χ4n) is 3.07. The third kappa shape index (κ3) is 4.21. The average molecular weight is 440 g/mol. The van der Waals surface area contributed by atoms with Crippen LogP contribution in [-0.4, -0.2) is 42.6 Å². The van der Waals surface area contributed by atoms with E-state index in [1.807, 2.05) is 0 Å². The van der Waals surface area contributed by atoms with E-state index in [1.54, 1.807) is 24.3 Å². The SMILES string of the molecule is CS(=O)(=O)c1cccc(-c2nnc(NC(=O)c3cccc(N4C(=O)CCC4=O)c3)o2)c1. The van der Waals surface area contributed by atoms with Gasteiger partial charge >= 0.3 is 6.01 Å². The molecule has 0 saturated carbocycles. The van der Waals surface area contributed by atoms with Crippen LogP contribution in [-0.2, 0) is 19.4 Å². The number of aromatic nitrogens is 2. The zero-order chi connectivity index (χ0) is 22.2. The Hall–Kier alpha value is -3.86. The summed E-state index contributed by atoms with van der Waals surface area (Å²) in [5.41, 5.74) is 0.872. The fourth-order valence-corrected chi connectivity index (χ4v) is 3.74. The van der Waals surface area contributed by atoms with Crippen molar-refractivity contribution < 1.29 is 27.2 Å². The molecule has 0 atom stereocenters. The zero-order valence-corrected chi connectivity index (χ0v) is 17.0. The number of benzene rings is 2. The van der Waals surface area contributed by atoms with Crippen molar-refractivity contribution in [2.24, 2.45) is 0 Å². The molecular weight excluding hydrogens is 424 g/mol. The number of amides is 3. The third-order valence-electron chi connectivity index (χ3n) is 4.57. The molecule has 4 rings (SSSR count). The van der Waals surface area contributed by atoms with E-state index in [-0.39, 0.29) is 47.0 Å². The fraction of sp³-hybridized carbons (Fsp3) is 0.150. The minimum Gasteiger partial charge on any atom is -0.403 e. The Morgan fingerprint density at radius 1 is 1.03 bits per heavy atom. The summed E-state index contributed by atoms with van der Waals surface area (Å²) in [6.45, 7) is 0. The van der Waals surface area contributed by atoms with E-state index in [1.165, 1.54) is 24.3 Å². The van der Waals surface area contributed by atoms with Gasteiger partial charge in [0.05, 0.1) is 10.6 Å². The lowest BCUT2D eigenvalue weighted by atomic mass is 10.2. The number of nitrogens with one attached hydrogen (secondary N) is 1. The van der Waals surface area contributed by atoms with Gasteiger partial charge in [0.2, 0.25) is 17.7 Å². The van der Waals surface area contributed by atoms with Gasteiger partial charge in [0.1, 0.15) is 0 Å². The molecule has 1 fully saturated rings. The third-order valence-corrected chi connectivity index (χ3v) is 5.68. The minimum absolute atomic E-state index is 0.0304. The summed E-state index contributed by atoms with van der Waals surface area (Å²) in [5, 5.41) is 10.0.